The lowest BCUT2D eigenvalue weighted by molar-refractivity contribution is -0.122. The Kier molecular flexibility index (Phi) is 6.60. The lowest BCUT2D eigenvalue weighted by atomic mass is 10.0. The Morgan fingerprint density at radius 3 is 2.76 bits per heavy atom. The van der Waals surface area contributed by atoms with Gasteiger partial charge in [-0.3, -0.25) is 19.1 Å². The molecule has 3 aromatic rings. The molecule has 2 heterocycles. The van der Waals surface area contributed by atoms with E-state index < -0.39 is 0 Å². The summed E-state index contributed by atoms with van der Waals surface area (Å²) >= 11 is 5.85. The molecular formula is C23H25ClN6O3. The van der Waals surface area contributed by atoms with Crippen molar-refractivity contribution < 1.29 is 14.4 Å². The van der Waals surface area contributed by atoms with Gasteiger partial charge in [-0.05, 0) is 55.5 Å². The van der Waals surface area contributed by atoms with E-state index in [0.717, 1.165) is 19.3 Å². The molecule has 1 aliphatic carbocycles. The molecule has 1 aromatic carbocycles. The number of hydrogen-bond acceptors (Lipinski definition) is 6. The summed E-state index contributed by atoms with van der Waals surface area (Å²) in [6, 6.07) is 10.2. The van der Waals surface area contributed by atoms with Crippen molar-refractivity contribution in [1.82, 2.24) is 20.1 Å². The number of nitrogens with zero attached hydrogens (tertiary/aromatic N) is 3. The second-order valence-corrected chi connectivity index (χ2v) is 8.77. The molecule has 10 heteroatoms. The highest BCUT2D eigenvalue weighted by molar-refractivity contribution is 6.29. The largest absolute Gasteiger partial charge is 0.399 e. The Labute approximate surface area is 195 Å². The van der Waals surface area contributed by atoms with Crippen molar-refractivity contribution in [3.63, 3.8) is 0 Å². The summed E-state index contributed by atoms with van der Waals surface area (Å²) in [4.78, 5) is 41.0. The Balaban J connectivity index is 1.32. The number of Topliss-reactive ketones (excluding diaryl/α,β-unsaturated/α-hetero) is 1. The van der Waals surface area contributed by atoms with E-state index in [0.29, 0.717) is 39.7 Å². The number of nitrogen functional groups attached to an aromatic ring is 1. The molecule has 172 valence electrons. The van der Waals surface area contributed by atoms with Crippen LogP contribution in [0.5, 0.6) is 0 Å². The maximum absolute atomic E-state index is 12.7. The molecule has 33 heavy (non-hydrogen) atoms. The number of anilines is 2. The molecule has 0 radical (unpaired) electrons. The fourth-order valence-electron chi connectivity index (χ4n) is 4.31. The molecule has 0 spiro atoms. The molecule has 2 unspecified atom stereocenters. The zero-order chi connectivity index (χ0) is 23.5. The molecule has 0 saturated heterocycles. The first-order valence-corrected chi connectivity index (χ1v) is 11.1. The van der Waals surface area contributed by atoms with Crippen LogP contribution < -0.4 is 16.4 Å². The van der Waals surface area contributed by atoms with Gasteiger partial charge in [-0.15, -0.1) is 0 Å². The summed E-state index contributed by atoms with van der Waals surface area (Å²) in [7, 11) is 0. The van der Waals surface area contributed by atoms with Gasteiger partial charge in [0.05, 0.1) is 5.52 Å². The average molecular weight is 469 g/mol. The summed E-state index contributed by atoms with van der Waals surface area (Å²) in [6.07, 6.45) is 2.72. The highest BCUT2D eigenvalue weighted by Crippen LogP contribution is 2.29. The number of fused-ring (bicyclic) bond motifs is 1. The van der Waals surface area contributed by atoms with Gasteiger partial charge in [-0.2, -0.15) is 5.10 Å². The number of ketones is 1. The first-order chi connectivity index (χ1) is 15.8. The van der Waals surface area contributed by atoms with Gasteiger partial charge in [0.1, 0.15) is 23.2 Å². The zero-order valence-corrected chi connectivity index (χ0v) is 18.9. The number of carbonyl (C=O) groups is 3. The summed E-state index contributed by atoms with van der Waals surface area (Å²) in [5, 5.41) is 11.1. The average Bonchev–Trinajstić information content (AvgIpc) is 3.31. The number of aromatic nitrogens is 3. The molecule has 0 aliphatic heterocycles. The lowest BCUT2D eigenvalue weighted by Gasteiger charge is -2.14. The molecule has 4 rings (SSSR count). The number of halogens is 1. The van der Waals surface area contributed by atoms with E-state index in [1.165, 1.54) is 11.6 Å². The molecule has 9 nitrogen and oxygen atoms in total. The number of nitrogens with two attached hydrogens (primary N) is 1. The van der Waals surface area contributed by atoms with Crippen LogP contribution in [0, 0.1) is 5.92 Å². The monoisotopic (exact) mass is 468 g/mol. The van der Waals surface area contributed by atoms with Crippen molar-refractivity contribution in [3.8, 4) is 0 Å². The van der Waals surface area contributed by atoms with E-state index in [4.69, 9.17) is 17.3 Å². The minimum absolute atomic E-state index is 0.00418. The quantitative estimate of drug-likeness (QED) is 0.277. The van der Waals surface area contributed by atoms with Crippen LogP contribution in [-0.2, 0) is 16.1 Å². The Morgan fingerprint density at radius 2 is 2.00 bits per heavy atom. The molecule has 2 amide bonds. The molecule has 1 saturated carbocycles. The Bertz CT molecular complexity index is 1220. The summed E-state index contributed by atoms with van der Waals surface area (Å²) in [6.45, 7) is 1.43. The maximum Gasteiger partial charge on any atom is 0.241 e. The molecular weight excluding hydrogens is 444 g/mol. The van der Waals surface area contributed by atoms with Crippen LogP contribution in [0.2, 0.25) is 5.15 Å². The summed E-state index contributed by atoms with van der Waals surface area (Å²) in [5.74, 6) is 0.0979. The van der Waals surface area contributed by atoms with Crippen molar-refractivity contribution in [2.45, 2.75) is 45.2 Å². The van der Waals surface area contributed by atoms with Crippen molar-refractivity contribution in [2.24, 2.45) is 5.92 Å². The SMILES string of the molecule is CC(=O)c1nn(CC(=O)NC2CCC(CC(=O)Nc3cccc(Cl)n3)C2)c2ccc(N)cc12. The van der Waals surface area contributed by atoms with Gasteiger partial charge >= 0.3 is 0 Å². The van der Waals surface area contributed by atoms with Crippen molar-refractivity contribution in [1.29, 1.82) is 0 Å². The van der Waals surface area contributed by atoms with Crippen LogP contribution in [-0.4, -0.2) is 38.4 Å². The van der Waals surface area contributed by atoms with Gasteiger partial charge in [-0.1, -0.05) is 17.7 Å². The van der Waals surface area contributed by atoms with Gasteiger partial charge in [0, 0.05) is 30.5 Å². The highest BCUT2D eigenvalue weighted by atomic mass is 35.5. The van der Waals surface area contributed by atoms with Gasteiger partial charge in [-0.25, -0.2) is 4.98 Å². The third-order valence-corrected chi connectivity index (χ3v) is 5.97. The van der Waals surface area contributed by atoms with Crippen LogP contribution in [0.4, 0.5) is 11.5 Å². The minimum atomic E-state index is -0.190. The van der Waals surface area contributed by atoms with Gasteiger partial charge in [0.15, 0.2) is 5.78 Å². The van der Waals surface area contributed by atoms with Crippen LogP contribution in [0.25, 0.3) is 10.9 Å². The minimum Gasteiger partial charge on any atom is -0.399 e. The van der Waals surface area contributed by atoms with Crippen LogP contribution >= 0.6 is 11.6 Å². The van der Waals surface area contributed by atoms with E-state index in [9.17, 15) is 14.4 Å². The predicted molar refractivity (Wildman–Crippen MR) is 126 cm³/mol. The van der Waals surface area contributed by atoms with Crippen molar-refractivity contribution >= 4 is 51.6 Å². The van der Waals surface area contributed by atoms with Crippen LogP contribution in [0.1, 0.15) is 43.1 Å². The summed E-state index contributed by atoms with van der Waals surface area (Å²) < 4.78 is 1.53. The van der Waals surface area contributed by atoms with Crippen molar-refractivity contribution in [3.05, 3.63) is 47.2 Å². The molecule has 1 aliphatic rings. The smallest absolute Gasteiger partial charge is 0.241 e. The molecule has 2 aromatic heterocycles. The highest BCUT2D eigenvalue weighted by Gasteiger charge is 2.28. The second-order valence-electron chi connectivity index (χ2n) is 8.38. The third-order valence-electron chi connectivity index (χ3n) is 5.76. The van der Waals surface area contributed by atoms with E-state index in [1.807, 2.05) is 0 Å². The second kappa shape index (κ2) is 9.58. The van der Waals surface area contributed by atoms with Crippen LogP contribution in [0.3, 0.4) is 0 Å². The molecule has 4 N–H and O–H groups in total. The molecule has 0 bridgehead atoms. The first kappa shape index (κ1) is 22.7. The predicted octanol–water partition coefficient (Wildman–Crippen LogP) is 3.18. The van der Waals surface area contributed by atoms with E-state index in [1.54, 1.807) is 36.4 Å². The van der Waals surface area contributed by atoms with Gasteiger partial charge < -0.3 is 16.4 Å². The fourth-order valence-corrected chi connectivity index (χ4v) is 4.48. The number of hydrogen-bond donors (Lipinski definition) is 3. The molecule has 2 atom stereocenters. The van der Waals surface area contributed by atoms with Gasteiger partial charge in [0.2, 0.25) is 11.8 Å². The number of rotatable bonds is 7. The first-order valence-electron chi connectivity index (χ1n) is 10.8. The third kappa shape index (κ3) is 5.48. The topological polar surface area (TPSA) is 132 Å². The van der Waals surface area contributed by atoms with Gasteiger partial charge in [0.25, 0.3) is 0 Å². The fraction of sp³-hybridized carbons (Fsp3) is 0.348. The normalized spacial score (nSPS) is 17.8. The number of amides is 2. The Hall–Kier alpha value is -3.46. The Morgan fingerprint density at radius 1 is 1.18 bits per heavy atom. The lowest BCUT2D eigenvalue weighted by Crippen LogP contribution is -2.35. The number of pyridine rings is 1. The number of nitrogens with one attached hydrogen (secondary N) is 2. The standard InChI is InChI=1S/C23H25ClN6O3/c1-13(31)23-17-11-15(25)6-8-18(17)30(29-23)12-22(33)26-16-7-5-14(9-16)10-21(32)28-20-4-2-3-19(24)27-20/h2-4,6,8,11,14,16H,5,7,9-10,12,25H2,1H3,(H,26,33)(H,27,28,32). The van der Waals surface area contributed by atoms with Crippen LogP contribution in [0.15, 0.2) is 36.4 Å². The maximum atomic E-state index is 12.7. The van der Waals surface area contributed by atoms with Crippen molar-refractivity contribution in [2.75, 3.05) is 11.1 Å². The number of carbonyl (C=O) groups excluding carboxylic acids is 3. The van der Waals surface area contributed by atoms with E-state index in [2.05, 4.69) is 20.7 Å². The van der Waals surface area contributed by atoms with E-state index >= 15 is 0 Å². The zero-order valence-electron chi connectivity index (χ0n) is 18.2. The molecule has 1 fully saturated rings. The summed E-state index contributed by atoms with van der Waals surface area (Å²) in [5.41, 5.74) is 7.35. The number of benzene rings is 1. The van der Waals surface area contributed by atoms with E-state index in [-0.39, 0.29) is 36.1 Å².